The second-order valence-electron chi connectivity index (χ2n) is 0.516. The van der Waals surface area contributed by atoms with E-state index in [4.69, 9.17) is 23.0 Å². The van der Waals surface area contributed by atoms with Crippen molar-refractivity contribution in [1.29, 1.82) is 0 Å². The molecule has 0 heterocycles. The zero-order valence-corrected chi connectivity index (χ0v) is 17.9. The van der Waals surface area contributed by atoms with Crippen molar-refractivity contribution in [3.05, 3.63) is 0 Å². The molecule has 14 heteroatoms. The Morgan fingerprint density at radius 3 is 1.00 bits per heavy atom. The Bertz CT molecular complexity index is 128. The fraction of sp³-hybridized carbons (Fsp3) is 0. The molecule has 0 aliphatic rings. The van der Waals surface area contributed by atoms with E-state index in [1.165, 1.54) is 0 Å². The molecule has 0 aliphatic heterocycles. The van der Waals surface area contributed by atoms with Crippen LogP contribution in [0.15, 0.2) is 0 Å². The van der Waals surface area contributed by atoms with Gasteiger partial charge in [0.05, 0.1) is 0 Å². The minimum absolute atomic E-state index is 0. The van der Waals surface area contributed by atoms with Gasteiger partial charge in [0.15, 0.2) is 12.3 Å². The summed E-state index contributed by atoms with van der Waals surface area (Å²) in [7, 11) is -5.18. The van der Waals surface area contributed by atoms with Crippen molar-refractivity contribution in [2.75, 3.05) is 0 Å². The van der Waals surface area contributed by atoms with Gasteiger partial charge >= 0.3 is 88.7 Å². The van der Waals surface area contributed by atoms with Crippen molar-refractivity contribution < 1.29 is 141 Å². The first-order valence-corrected chi connectivity index (χ1v) is 4.98. The molecule has 2 unspecified atom stereocenters. The van der Waals surface area contributed by atoms with Gasteiger partial charge in [0.25, 0.3) is 20.2 Å². The smallest absolute Gasteiger partial charge is 1.00 e. The molecule has 0 amide bonds. The molecule has 4 N–H and O–H groups in total. The van der Waals surface area contributed by atoms with Gasteiger partial charge in [-0.2, -0.15) is 0 Å². The largest absolute Gasteiger partial charge is 1.00 e. The summed E-state index contributed by atoms with van der Waals surface area (Å²) in [5.74, 6) is 0. The van der Waals surface area contributed by atoms with Gasteiger partial charge in [-0.05, 0) is 0 Å². The fourth-order valence-corrected chi connectivity index (χ4v) is 0. The maximum Gasteiger partial charge on any atom is 1.00 e. The number of hydrogen-bond acceptors (Lipinski definition) is 6. The van der Waals surface area contributed by atoms with E-state index >= 15 is 0 Å². The summed E-state index contributed by atoms with van der Waals surface area (Å²) in [6, 6.07) is 0. The summed E-state index contributed by atoms with van der Waals surface area (Å²) in [6.45, 7) is 2.00. The predicted octanol–water partition coefficient (Wildman–Crippen LogP) is -8.83. The number of carbonyl (C=O) groups excluding carboxylic acids is 1. The number of rotatable bonds is 1. The quantitative estimate of drug-likeness (QED) is 0.158. The third kappa shape index (κ3) is 73.7. The Balaban J connectivity index is -0.00000000612. The van der Waals surface area contributed by atoms with E-state index in [1.807, 2.05) is 6.79 Å². The SMILES string of the molecule is C=O.O=S(O)S(=O)O.OSO.[Fe].[H-].[H-].[H-].[Na+].[Na+].[Na+]. The summed E-state index contributed by atoms with van der Waals surface area (Å²) in [6.07, 6.45) is 0. The minimum Gasteiger partial charge on any atom is -1.00 e. The molecular weight excluding hydrogens is 345 g/mol. The molecule has 0 fully saturated rings. The Kier molecular flexibility index (Phi) is 123. The van der Waals surface area contributed by atoms with E-state index < -0.39 is 20.2 Å². The normalized spacial score (nSPS) is 9.33. The molecule has 0 rings (SSSR count). The van der Waals surface area contributed by atoms with Gasteiger partial charge in [-0.15, -0.1) is 0 Å². The standard InChI is InChI=1S/CH2O.Fe.3Na.H2O4S2.H2O2S.3H/c1-2;;;;;1-5(2)6(3)4;1-3-2;;;/h1H2;;;;;(H,1,2)(H,3,4);1-2H;;;/q;;3*+1;;;3*-1. The summed E-state index contributed by atoms with van der Waals surface area (Å²) >= 11 is -0.250. The van der Waals surface area contributed by atoms with Gasteiger partial charge in [-0.3, -0.25) is 9.11 Å². The van der Waals surface area contributed by atoms with Gasteiger partial charge in [0, 0.05) is 17.1 Å². The summed E-state index contributed by atoms with van der Waals surface area (Å²) < 4.78 is 47.7. The molecule has 2 atom stereocenters. The third-order valence-corrected chi connectivity index (χ3v) is 1.10. The Morgan fingerprint density at radius 2 is 1.00 bits per heavy atom. The van der Waals surface area contributed by atoms with Crippen LogP contribution in [-0.2, 0) is 42.1 Å². The third-order valence-electron chi connectivity index (χ3n) is 0.122. The van der Waals surface area contributed by atoms with Crippen LogP contribution >= 0.6 is 12.3 Å². The second-order valence-corrected chi connectivity index (χ2v) is 3.26. The monoisotopic (exact) mass is 354 g/mol. The Morgan fingerprint density at radius 1 is 0.933 bits per heavy atom. The minimum atomic E-state index is -2.59. The average molecular weight is 354 g/mol. The van der Waals surface area contributed by atoms with Gasteiger partial charge in [0.2, 0.25) is 0 Å². The molecule has 0 bridgehead atoms. The topological polar surface area (TPSA) is 132 Å². The summed E-state index contributed by atoms with van der Waals surface area (Å²) in [5.41, 5.74) is 0. The molecule has 0 spiro atoms. The van der Waals surface area contributed by atoms with Crippen LogP contribution in [0, 0.1) is 0 Å². The van der Waals surface area contributed by atoms with Gasteiger partial charge in [-0.1, -0.05) is 0 Å². The fourth-order valence-electron chi connectivity index (χ4n) is 0. The molecule has 84 valence electrons. The van der Waals surface area contributed by atoms with Crippen LogP contribution in [0.5, 0.6) is 0 Å². The number of hydrogen-bond donors (Lipinski definition) is 4. The van der Waals surface area contributed by atoms with E-state index in [0.29, 0.717) is 0 Å². The molecular formula is CH9FeNa3O7S3. The van der Waals surface area contributed by atoms with Crippen LogP contribution in [0.4, 0.5) is 0 Å². The number of carbonyl (C=O) groups is 1. The van der Waals surface area contributed by atoms with Crippen LogP contribution in [-0.4, -0.2) is 33.4 Å². The van der Waals surface area contributed by atoms with E-state index in [2.05, 4.69) is 0 Å². The first-order chi connectivity index (χ1) is 5.06. The molecule has 0 saturated heterocycles. The molecule has 15 heavy (non-hydrogen) atoms. The van der Waals surface area contributed by atoms with Gasteiger partial charge in [-0.25, -0.2) is 8.42 Å². The summed E-state index contributed by atoms with van der Waals surface area (Å²) in [4.78, 5) is 8.00. The first-order valence-electron chi connectivity index (χ1n) is 1.52. The maximum absolute atomic E-state index is 9.26. The molecule has 0 aromatic heterocycles. The van der Waals surface area contributed by atoms with Crippen LogP contribution < -0.4 is 88.7 Å². The zero-order chi connectivity index (χ0) is 9.86. The van der Waals surface area contributed by atoms with Crippen LogP contribution in [0.1, 0.15) is 4.28 Å². The summed E-state index contributed by atoms with van der Waals surface area (Å²) in [5, 5.41) is 0. The first kappa shape index (κ1) is 42.8. The van der Waals surface area contributed by atoms with Gasteiger partial charge < -0.3 is 18.2 Å². The van der Waals surface area contributed by atoms with E-state index in [-0.39, 0.29) is 122 Å². The van der Waals surface area contributed by atoms with Crippen LogP contribution in [0.25, 0.3) is 0 Å². The molecule has 0 aromatic rings. The maximum atomic E-state index is 9.26. The van der Waals surface area contributed by atoms with Crippen molar-refractivity contribution in [3.63, 3.8) is 0 Å². The zero-order valence-electron chi connectivity index (χ0n) is 11.3. The average Bonchev–Trinajstić information content (AvgIpc) is 1.93. The van der Waals surface area contributed by atoms with Crippen LogP contribution in [0.3, 0.4) is 0 Å². The van der Waals surface area contributed by atoms with Crippen molar-refractivity contribution >= 4 is 39.3 Å². The molecule has 0 radical (unpaired) electrons. The van der Waals surface area contributed by atoms with Crippen molar-refractivity contribution in [1.82, 2.24) is 0 Å². The predicted molar refractivity (Wildman–Crippen MR) is 44.8 cm³/mol. The Labute approximate surface area is 177 Å². The van der Waals surface area contributed by atoms with Crippen molar-refractivity contribution in [2.45, 2.75) is 0 Å². The van der Waals surface area contributed by atoms with E-state index in [1.54, 1.807) is 0 Å². The Hall–Kier alpha value is 3.68. The molecule has 0 saturated carbocycles. The van der Waals surface area contributed by atoms with Crippen LogP contribution in [0.2, 0.25) is 0 Å². The van der Waals surface area contributed by atoms with E-state index in [9.17, 15) is 8.42 Å². The molecule has 7 nitrogen and oxygen atoms in total. The van der Waals surface area contributed by atoms with Crippen molar-refractivity contribution in [2.24, 2.45) is 0 Å². The van der Waals surface area contributed by atoms with Crippen molar-refractivity contribution in [3.8, 4) is 0 Å². The van der Waals surface area contributed by atoms with Gasteiger partial charge in [0.1, 0.15) is 6.79 Å². The molecule has 0 aliphatic carbocycles. The second kappa shape index (κ2) is 43.1. The van der Waals surface area contributed by atoms with E-state index in [0.717, 1.165) is 0 Å². The molecule has 0 aromatic carbocycles.